The largest absolute Gasteiger partial charge is 0.616 e. The molecule has 0 saturated heterocycles. The van der Waals surface area contributed by atoms with Gasteiger partial charge in [-0.1, -0.05) is 0 Å². The van der Waals surface area contributed by atoms with Crippen LogP contribution in [0.5, 0.6) is 5.88 Å². The zero-order chi connectivity index (χ0) is 8.27. The molecule has 0 aromatic carbocycles. The normalized spacial score (nSPS) is 9.09. The van der Waals surface area contributed by atoms with Crippen LogP contribution in [0.4, 0.5) is 4.79 Å². The van der Waals surface area contributed by atoms with Crippen LogP contribution in [0.1, 0.15) is 0 Å². The summed E-state index contributed by atoms with van der Waals surface area (Å²) < 4.78 is 4.44. The minimum Gasteiger partial charge on any atom is -0.616 e. The second kappa shape index (κ2) is 2.87. The molecule has 0 bridgehead atoms. The van der Waals surface area contributed by atoms with Gasteiger partial charge in [-0.2, -0.15) is 0 Å². The Kier molecular flexibility index (Phi) is 1.91. The maximum Gasteiger partial charge on any atom is 0.515 e. The first-order chi connectivity index (χ1) is 5.20. The first-order valence-electron chi connectivity index (χ1n) is 2.79. The van der Waals surface area contributed by atoms with Crippen molar-refractivity contribution in [2.75, 3.05) is 0 Å². The second-order valence-corrected chi connectivity index (χ2v) is 1.73. The molecule has 11 heavy (non-hydrogen) atoms. The van der Waals surface area contributed by atoms with Gasteiger partial charge in [0.1, 0.15) is 0 Å². The average molecular weight is 155 g/mol. The summed E-state index contributed by atoms with van der Waals surface area (Å²) in [6.45, 7) is 0. The van der Waals surface area contributed by atoms with Crippen LogP contribution in [0, 0.1) is 5.21 Å². The Morgan fingerprint density at radius 1 is 1.64 bits per heavy atom. The molecule has 0 spiro atoms. The van der Waals surface area contributed by atoms with Crippen molar-refractivity contribution < 1.29 is 19.4 Å². The molecule has 0 aliphatic carbocycles. The van der Waals surface area contributed by atoms with Gasteiger partial charge in [-0.25, -0.2) is 4.79 Å². The van der Waals surface area contributed by atoms with Crippen LogP contribution >= 0.6 is 0 Å². The zero-order valence-corrected chi connectivity index (χ0v) is 5.43. The van der Waals surface area contributed by atoms with Gasteiger partial charge in [-0.05, 0) is 6.07 Å². The standard InChI is InChI=1S/C6H5NO4/c8-6(9)11-5-3-1-2-4-7(5)10/h1-4H,(H,8,9). The van der Waals surface area contributed by atoms with E-state index in [0.717, 1.165) is 6.20 Å². The molecule has 5 nitrogen and oxygen atoms in total. The SMILES string of the molecule is O=C(O)Oc1cccc[n+]1[O-]. The van der Waals surface area contributed by atoms with Gasteiger partial charge in [0, 0.05) is 6.07 Å². The summed E-state index contributed by atoms with van der Waals surface area (Å²) >= 11 is 0. The van der Waals surface area contributed by atoms with E-state index in [1.54, 1.807) is 0 Å². The van der Waals surface area contributed by atoms with E-state index in [2.05, 4.69) is 4.74 Å². The molecule has 0 aliphatic rings. The smallest absolute Gasteiger partial charge is 0.515 e. The van der Waals surface area contributed by atoms with E-state index >= 15 is 0 Å². The van der Waals surface area contributed by atoms with E-state index in [9.17, 15) is 10.0 Å². The minimum absolute atomic E-state index is 0.250. The molecule has 1 rings (SSSR count). The lowest BCUT2D eigenvalue weighted by Crippen LogP contribution is -2.29. The van der Waals surface area contributed by atoms with E-state index in [1.807, 2.05) is 0 Å². The first kappa shape index (κ1) is 7.33. The highest BCUT2D eigenvalue weighted by molar-refractivity contribution is 5.59. The number of pyridine rings is 1. The van der Waals surface area contributed by atoms with Crippen molar-refractivity contribution in [2.45, 2.75) is 0 Å². The Bertz CT molecular complexity index is 273. The molecule has 0 radical (unpaired) electrons. The lowest BCUT2D eigenvalue weighted by molar-refractivity contribution is -0.610. The molecular weight excluding hydrogens is 150 g/mol. The molecule has 1 N–H and O–H groups in total. The van der Waals surface area contributed by atoms with Gasteiger partial charge in [-0.3, -0.25) is 0 Å². The van der Waals surface area contributed by atoms with Gasteiger partial charge in [-0.15, -0.1) is 4.73 Å². The lowest BCUT2D eigenvalue weighted by atomic mass is 10.5. The molecule has 5 heteroatoms. The maximum absolute atomic E-state index is 10.7. The molecular formula is C6H5NO4. The summed E-state index contributed by atoms with van der Waals surface area (Å²) in [7, 11) is 0. The Morgan fingerprint density at radius 2 is 2.36 bits per heavy atom. The summed E-state index contributed by atoms with van der Waals surface area (Å²) in [5.41, 5.74) is 0. The zero-order valence-electron chi connectivity index (χ0n) is 5.43. The van der Waals surface area contributed by atoms with Crippen LogP contribution in [0.25, 0.3) is 0 Å². The number of aromatic nitrogens is 1. The van der Waals surface area contributed by atoms with Crippen LogP contribution in [0.15, 0.2) is 24.4 Å². The number of carbonyl (C=O) groups is 1. The number of hydrogen-bond donors (Lipinski definition) is 1. The number of nitrogens with zero attached hydrogens (tertiary/aromatic N) is 1. The molecule has 58 valence electrons. The number of hydrogen-bond acceptors (Lipinski definition) is 3. The topological polar surface area (TPSA) is 73.5 Å². The van der Waals surface area contributed by atoms with Crippen LogP contribution < -0.4 is 9.47 Å². The third-order valence-electron chi connectivity index (χ3n) is 0.980. The Labute approximate surface area is 62.0 Å². The van der Waals surface area contributed by atoms with Gasteiger partial charge < -0.3 is 15.1 Å². The highest BCUT2D eigenvalue weighted by Crippen LogP contribution is 1.99. The predicted molar refractivity (Wildman–Crippen MR) is 34.1 cm³/mol. The monoisotopic (exact) mass is 155 g/mol. The summed E-state index contributed by atoms with van der Waals surface area (Å²) in [6, 6.07) is 4.25. The van der Waals surface area contributed by atoms with Gasteiger partial charge in [0.15, 0.2) is 6.20 Å². The van der Waals surface area contributed by atoms with Gasteiger partial charge in [0.05, 0.1) is 6.07 Å². The average Bonchev–Trinajstić information content (AvgIpc) is 1.93. The van der Waals surface area contributed by atoms with E-state index in [0.29, 0.717) is 4.73 Å². The molecule has 0 fully saturated rings. The van der Waals surface area contributed by atoms with E-state index in [4.69, 9.17) is 5.11 Å². The van der Waals surface area contributed by atoms with Crippen LogP contribution in [0.2, 0.25) is 0 Å². The number of rotatable bonds is 1. The fraction of sp³-hybridized carbons (Fsp3) is 0. The maximum atomic E-state index is 10.7. The van der Waals surface area contributed by atoms with E-state index in [1.165, 1.54) is 18.2 Å². The summed E-state index contributed by atoms with van der Waals surface area (Å²) in [5, 5.41) is 18.8. The van der Waals surface area contributed by atoms with Crippen molar-refractivity contribution in [3.8, 4) is 5.88 Å². The Morgan fingerprint density at radius 3 is 2.91 bits per heavy atom. The van der Waals surface area contributed by atoms with Crippen LogP contribution in [-0.2, 0) is 0 Å². The fourth-order valence-corrected chi connectivity index (χ4v) is 0.581. The van der Waals surface area contributed by atoms with Crippen molar-refractivity contribution >= 4 is 6.16 Å². The number of ether oxygens (including phenoxy) is 1. The van der Waals surface area contributed by atoms with Gasteiger partial charge >= 0.3 is 12.0 Å². The summed E-state index contributed by atoms with van der Waals surface area (Å²) in [5.74, 6) is -0.250. The van der Waals surface area contributed by atoms with E-state index in [-0.39, 0.29) is 5.88 Å². The molecule has 0 amide bonds. The van der Waals surface area contributed by atoms with Crippen molar-refractivity contribution in [3.05, 3.63) is 29.6 Å². The van der Waals surface area contributed by atoms with Crippen LogP contribution in [0.3, 0.4) is 0 Å². The second-order valence-electron chi connectivity index (χ2n) is 1.73. The molecule has 1 heterocycles. The molecule has 0 aliphatic heterocycles. The fourth-order valence-electron chi connectivity index (χ4n) is 0.581. The van der Waals surface area contributed by atoms with Crippen molar-refractivity contribution in [1.82, 2.24) is 0 Å². The molecule has 0 unspecified atom stereocenters. The Balaban J connectivity index is 2.86. The molecule has 0 atom stereocenters. The molecule has 0 saturated carbocycles. The molecule has 1 aromatic rings. The highest BCUT2D eigenvalue weighted by Gasteiger charge is 2.08. The Hall–Kier alpha value is -1.78. The quantitative estimate of drug-likeness (QED) is 0.361. The number of carboxylic acid groups (broad SMARTS) is 1. The lowest BCUT2D eigenvalue weighted by Gasteiger charge is -1.99. The summed E-state index contributed by atoms with van der Waals surface area (Å²) in [4.78, 5) is 9.95. The molecule has 1 aromatic heterocycles. The third kappa shape index (κ3) is 1.82. The minimum atomic E-state index is -1.50. The third-order valence-corrected chi connectivity index (χ3v) is 0.980. The van der Waals surface area contributed by atoms with Gasteiger partial charge in [0.25, 0.3) is 0 Å². The summed E-state index contributed by atoms with van der Waals surface area (Å²) in [6.07, 6.45) is -0.348. The predicted octanol–water partition coefficient (Wildman–Crippen LogP) is 0.377. The highest BCUT2D eigenvalue weighted by atomic mass is 16.7. The van der Waals surface area contributed by atoms with Crippen molar-refractivity contribution in [3.63, 3.8) is 0 Å². The first-order valence-corrected chi connectivity index (χ1v) is 2.79. The van der Waals surface area contributed by atoms with Crippen molar-refractivity contribution in [2.24, 2.45) is 0 Å². The van der Waals surface area contributed by atoms with E-state index < -0.39 is 6.16 Å². The van der Waals surface area contributed by atoms with Gasteiger partial charge in [0.2, 0.25) is 0 Å². The van der Waals surface area contributed by atoms with Crippen LogP contribution in [-0.4, -0.2) is 11.3 Å². The van der Waals surface area contributed by atoms with Crippen molar-refractivity contribution in [1.29, 1.82) is 0 Å².